The minimum atomic E-state index is -0.572. The molecule has 1 aromatic heterocycles. The van der Waals surface area contributed by atoms with Gasteiger partial charge < -0.3 is 16.0 Å². The Bertz CT molecular complexity index is 478. The van der Waals surface area contributed by atoms with Crippen LogP contribution in [0.1, 0.15) is 32.1 Å². The summed E-state index contributed by atoms with van der Waals surface area (Å²) in [6.07, 6.45) is 8.63. The lowest BCUT2D eigenvalue weighted by Gasteiger charge is -2.37. The van der Waals surface area contributed by atoms with Gasteiger partial charge in [0.05, 0.1) is 5.54 Å². The number of carbonyl (C=O) groups is 1. The highest BCUT2D eigenvalue weighted by molar-refractivity contribution is 5.86. The average molecular weight is 288 g/mol. The molecule has 5 heteroatoms. The summed E-state index contributed by atoms with van der Waals surface area (Å²) in [4.78, 5) is 18.5. The Morgan fingerprint density at radius 2 is 2.00 bits per heavy atom. The number of nitrogens with zero attached hydrogens (tertiary/aromatic N) is 2. The number of carbonyl (C=O) groups excluding carboxylic acids is 1. The van der Waals surface area contributed by atoms with Crippen LogP contribution in [0.2, 0.25) is 0 Å². The molecule has 0 spiro atoms. The summed E-state index contributed by atoms with van der Waals surface area (Å²) in [5.41, 5.74) is 6.70. The van der Waals surface area contributed by atoms with Crippen LogP contribution in [0.4, 0.5) is 5.69 Å². The van der Waals surface area contributed by atoms with Gasteiger partial charge in [0.1, 0.15) is 0 Å². The third-order valence-corrected chi connectivity index (χ3v) is 4.89. The Morgan fingerprint density at radius 3 is 2.57 bits per heavy atom. The van der Waals surface area contributed by atoms with Crippen molar-refractivity contribution in [2.45, 2.75) is 37.6 Å². The zero-order valence-corrected chi connectivity index (χ0v) is 12.4. The van der Waals surface area contributed by atoms with Crippen molar-refractivity contribution in [2.24, 2.45) is 11.7 Å². The van der Waals surface area contributed by atoms with E-state index in [2.05, 4.69) is 27.3 Å². The van der Waals surface area contributed by atoms with Gasteiger partial charge in [-0.3, -0.25) is 9.78 Å². The third-order valence-electron chi connectivity index (χ3n) is 4.89. The predicted octanol–water partition coefficient (Wildman–Crippen LogP) is 1.30. The average Bonchev–Trinajstić information content (AvgIpc) is 2.51. The predicted molar refractivity (Wildman–Crippen MR) is 83.0 cm³/mol. The van der Waals surface area contributed by atoms with Crippen molar-refractivity contribution in [3.63, 3.8) is 0 Å². The first-order valence-corrected chi connectivity index (χ1v) is 7.89. The number of amides is 1. The zero-order chi connectivity index (χ0) is 14.7. The van der Waals surface area contributed by atoms with Crippen LogP contribution in [0, 0.1) is 5.92 Å². The maximum atomic E-state index is 12.0. The lowest BCUT2D eigenvalue weighted by molar-refractivity contribution is -0.129. The quantitative estimate of drug-likeness (QED) is 0.876. The first-order valence-electron chi connectivity index (χ1n) is 7.89. The van der Waals surface area contributed by atoms with E-state index in [4.69, 9.17) is 5.73 Å². The summed E-state index contributed by atoms with van der Waals surface area (Å²) in [6, 6.07) is 4.10. The fourth-order valence-corrected chi connectivity index (χ4v) is 3.15. The van der Waals surface area contributed by atoms with Gasteiger partial charge in [0.2, 0.25) is 5.91 Å². The highest BCUT2D eigenvalue weighted by atomic mass is 16.2. The van der Waals surface area contributed by atoms with E-state index < -0.39 is 5.54 Å². The zero-order valence-electron chi connectivity index (χ0n) is 12.4. The molecule has 1 amide bonds. The van der Waals surface area contributed by atoms with Crippen molar-refractivity contribution in [3.05, 3.63) is 24.5 Å². The first kappa shape index (κ1) is 14.3. The lowest BCUT2D eigenvalue weighted by Crippen LogP contribution is -2.59. The minimum Gasteiger partial charge on any atom is -0.371 e. The second-order valence-corrected chi connectivity index (χ2v) is 6.36. The summed E-state index contributed by atoms with van der Waals surface area (Å²) >= 11 is 0. The van der Waals surface area contributed by atoms with E-state index in [1.165, 1.54) is 5.69 Å². The van der Waals surface area contributed by atoms with Crippen molar-refractivity contribution in [2.75, 3.05) is 24.5 Å². The molecule has 1 aromatic rings. The number of anilines is 1. The monoisotopic (exact) mass is 288 g/mol. The molecule has 2 fully saturated rings. The lowest BCUT2D eigenvalue weighted by atomic mass is 9.77. The van der Waals surface area contributed by atoms with Crippen LogP contribution in [0.3, 0.4) is 0 Å². The van der Waals surface area contributed by atoms with Crippen molar-refractivity contribution < 1.29 is 4.79 Å². The molecule has 3 N–H and O–H groups in total. The molecular weight excluding hydrogens is 264 g/mol. The molecule has 3 rings (SSSR count). The number of hydrogen-bond donors (Lipinski definition) is 2. The molecule has 1 saturated heterocycles. The van der Waals surface area contributed by atoms with Crippen molar-refractivity contribution >= 4 is 11.6 Å². The van der Waals surface area contributed by atoms with E-state index >= 15 is 0 Å². The molecule has 21 heavy (non-hydrogen) atoms. The fourth-order valence-electron chi connectivity index (χ4n) is 3.15. The second kappa shape index (κ2) is 6.02. The molecule has 0 radical (unpaired) electrons. The summed E-state index contributed by atoms with van der Waals surface area (Å²) < 4.78 is 0. The maximum absolute atomic E-state index is 12.0. The molecule has 0 atom stereocenters. The van der Waals surface area contributed by atoms with Crippen molar-refractivity contribution in [1.82, 2.24) is 10.3 Å². The number of aromatic nitrogens is 1. The fraction of sp³-hybridized carbons (Fsp3) is 0.625. The van der Waals surface area contributed by atoms with E-state index in [9.17, 15) is 4.79 Å². The molecule has 2 aliphatic rings. The number of hydrogen-bond acceptors (Lipinski definition) is 4. The van der Waals surface area contributed by atoms with Gasteiger partial charge >= 0.3 is 0 Å². The van der Waals surface area contributed by atoms with E-state index in [-0.39, 0.29) is 5.91 Å². The van der Waals surface area contributed by atoms with E-state index in [1.54, 1.807) is 0 Å². The van der Waals surface area contributed by atoms with Gasteiger partial charge in [0.15, 0.2) is 0 Å². The first-order chi connectivity index (χ1) is 10.2. The molecule has 114 valence electrons. The smallest absolute Gasteiger partial charge is 0.240 e. The van der Waals surface area contributed by atoms with Gasteiger partial charge in [0.25, 0.3) is 0 Å². The Hall–Kier alpha value is -1.62. The molecule has 0 unspecified atom stereocenters. The maximum Gasteiger partial charge on any atom is 0.240 e. The molecule has 5 nitrogen and oxygen atoms in total. The molecule has 2 heterocycles. The van der Waals surface area contributed by atoms with Crippen LogP contribution < -0.4 is 16.0 Å². The molecular formula is C16H24N4O. The number of nitrogens with two attached hydrogens (primary N) is 1. The van der Waals surface area contributed by atoms with Crippen LogP contribution >= 0.6 is 0 Å². The van der Waals surface area contributed by atoms with Crippen molar-refractivity contribution in [1.29, 1.82) is 0 Å². The van der Waals surface area contributed by atoms with Gasteiger partial charge in [-0.15, -0.1) is 0 Å². The van der Waals surface area contributed by atoms with Gasteiger partial charge in [-0.05, 0) is 50.2 Å². The second-order valence-electron chi connectivity index (χ2n) is 6.36. The standard InChI is InChI=1S/C16H24N4O/c17-16(6-1-7-16)15(21)19-12-13-4-10-20(11-5-13)14-2-8-18-9-3-14/h2-3,8-9,13H,1,4-7,10-12,17H2,(H,19,21). The summed E-state index contributed by atoms with van der Waals surface area (Å²) in [5.74, 6) is 0.612. The SMILES string of the molecule is NC1(C(=O)NCC2CCN(c3ccncc3)CC2)CCC1. The molecule has 1 saturated carbocycles. The summed E-state index contributed by atoms with van der Waals surface area (Å²) in [7, 11) is 0. The van der Waals surface area contributed by atoms with Crippen LogP contribution in [0.15, 0.2) is 24.5 Å². The largest absolute Gasteiger partial charge is 0.371 e. The number of piperidine rings is 1. The van der Waals surface area contributed by atoms with E-state index in [0.717, 1.165) is 51.7 Å². The van der Waals surface area contributed by atoms with Crippen molar-refractivity contribution in [3.8, 4) is 0 Å². The van der Waals surface area contributed by atoms with Gasteiger partial charge in [0, 0.05) is 37.7 Å². The van der Waals surface area contributed by atoms with Crippen LogP contribution in [-0.2, 0) is 4.79 Å². The minimum absolute atomic E-state index is 0.0466. The molecule has 1 aliphatic carbocycles. The Balaban J connectivity index is 1.43. The van der Waals surface area contributed by atoms with E-state index in [1.807, 2.05) is 12.4 Å². The van der Waals surface area contributed by atoms with Gasteiger partial charge in [-0.1, -0.05) is 0 Å². The van der Waals surface area contributed by atoms with Gasteiger partial charge in [-0.25, -0.2) is 0 Å². The van der Waals surface area contributed by atoms with Gasteiger partial charge in [-0.2, -0.15) is 0 Å². The number of rotatable bonds is 4. The molecule has 0 aromatic carbocycles. The highest BCUT2D eigenvalue weighted by Gasteiger charge is 2.40. The third kappa shape index (κ3) is 3.18. The normalized spacial score (nSPS) is 21.7. The van der Waals surface area contributed by atoms with Crippen LogP contribution in [0.5, 0.6) is 0 Å². The number of pyridine rings is 1. The summed E-state index contributed by atoms with van der Waals surface area (Å²) in [5, 5.41) is 3.06. The Kier molecular flexibility index (Phi) is 4.10. The van der Waals surface area contributed by atoms with E-state index in [0.29, 0.717) is 5.92 Å². The topological polar surface area (TPSA) is 71.2 Å². The molecule has 1 aliphatic heterocycles. The Labute approximate surface area is 125 Å². The van der Waals surface area contributed by atoms with Crippen LogP contribution in [-0.4, -0.2) is 36.1 Å². The number of nitrogens with one attached hydrogen (secondary N) is 1. The van der Waals surface area contributed by atoms with Crippen LogP contribution in [0.25, 0.3) is 0 Å². The highest BCUT2D eigenvalue weighted by Crippen LogP contribution is 2.29. The molecule has 0 bridgehead atoms. The Morgan fingerprint density at radius 1 is 1.33 bits per heavy atom. The summed E-state index contributed by atoms with van der Waals surface area (Å²) in [6.45, 7) is 2.85.